The highest BCUT2D eigenvalue weighted by Crippen LogP contribution is 2.23. The Morgan fingerprint density at radius 3 is 2.84 bits per heavy atom. The van der Waals surface area contributed by atoms with Gasteiger partial charge in [0, 0.05) is 25.4 Å². The van der Waals surface area contributed by atoms with Gasteiger partial charge in [0.1, 0.15) is 0 Å². The van der Waals surface area contributed by atoms with Crippen molar-refractivity contribution in [2.45, 2.75) is 25.8 Å². The van der Waals surface area contributed by atoms with Crippen LogP contribution in [0.15, 0.2) is 29.0 Å². The minimum Gasteiger partial charge on any atom is -0.308 e. The molecule has 19 heavy (non-hydrogen) atoms. The number of pyridine rings is 1. The fourth-order valence-electron chi connectivity index (χ4n) is 2.02. The summed E-state index contributed by atoms with van der Waals surface area (Å²) >= 11 is 3.47. The standard InChI is InChI=1S/C13H18BrN5/c1-3-7-16-11(9-10-6-4-5-8-15-10)12-13(14)17-18-19(12)2/h4-6,8,11,16H,3,7,9H2,1-2H3. The number of aromatic nitrogens is 4. The van der Waals surface area contributed by atoms with Crippen LogP contribution >= 0.6 is 15.9 Å². The summed E-state index contributed by atoms with van der Waals surface area (Å²) in [6, 6.07) is 6.14. The fourth-order valence-corrected chi connectivity index (χ4v) is 2.62. The average Bonchev–Trinajstić information content (AvgIpc) is 2.75. The maximum absolute atomic E-state index is 4.39. The van der Waals surface area contributed by atoms with Crippen LogP contribution in [0, 0.1) is 0 Å². The first-order valence-electron chi connectivity index (χ1n) is 6.40. The first-order chi connectivity index (χ1) is 9.22. The molecule has 0 aliphatic rings. The van der Waals surface area contributed by atoms with Gasteiger partial charge in [0.15, 0.2) is 4.60 Å². The third-order valence-electron chi connectivity index (χ3n) is 2.94. The van der Waals surface area contributed by atoms with Crippen LogP contribution in [0.3, 0.4) is 0 Å². The van der Waals surface area contributed by atoms with E-state index in [1.807, 2.05) is 31.4 Å². The molecule has 6 heteroatoms. The molecule has 0 aromatic carbocycles. The van der Waals surface area contributed by atoms with Gasteiger partial charge in [0.05, 0.1) is 11.7 Å². The number of hydrogen-bond donors (Lipinski definition) is 1. The molecule has 0 saturated carbocycles. The topological polar surface area (TPSA) is 55.6 Å². The molecule has 0 aliphatic carbocycles. The van der Waals surface area contributed by atoms with E-state index in [0.29, 0.717) is 0 Å². The van der Waals surface area contributed by atoms with Crippen LogP contribution in [0.2, 0.25) is 0 Å². The van der Waals surface area contributed by atoms with Crippen LogP contribution in [0.4, 0.5) is 0 Å². The second-order valence-corrected chi connectivity index (χ2v) is 5.17. The van der Waals surface area contributed by atoms with E-state index in [-0.39, 0.29) is 6.04 Å². The molecular formula is C13H18BrN5. The quantitative estimate of drug-likeness (QED) is 0.885. The van der Waals surface area contributed by atoms with Crippen LogP contribution in [0.25, 0.3) is 0 Å². The highest BCUT2D eigenvalue weighted by Gasteiger charge is 2.20. The molecular weight excluding hydrogens is 306 g/mol. The van der Waals surface area contributed by atoms with E-state index in [4.69, 9.17) is 0 Å². The Hall–Kier alpha value is -1.27. The van der Waals surface area contributed by atoms with E-state index >= 15 is 0 Å². The molecule has 0 amide bonds. The predicted molar refractivity (Wildman–Crippen MR) is 77.7 cm³/mol. The van der Waals surface area contributed by atoms with Gasteiger partial charge in [-0.25, -0.2) is 4.68 Å². The summed E-state index contributed by atoms with van der Waals surface area (Å²) in [7, 11) is 1.91. The van der Waals surface area contributed by atoms with Gasteiger partial charge in [-0.1, -0.05) is 18.2 Å². The van der Waals surface area contributed by atoms with E-state index in [2.05, 4.69) is 43.5 Å². The molecule has 102 valence electrons. The van der Waals surface area contributed by atoms with E-state index in [0.717, 1.165) is 35.4 Å². The van der Waals surface area contributed by atoms with Crippen LogP contribution in [-0.4, -0.2) is 26.5 Å². The highest BCUT2D eigenvalue weighted by atomic mass is 79.9. The third-order valence-corrected chi connectivity index (χ3v) is 3.50. The van der Waals surface area contributed by atoms with Crippen LogP contribution < -0.4 is 5.32 Å². The first kappa shape index (κ1) is 14.1. The lowest BCUT2D eigenvalue weighted by atomic mass is 10.1. The molecule has 2 aromatic rings. The molecule has 2 rings (SSSR count). The van der Waals surface area contributed by atoms with Crippen molar-refractivity contribution in [2.75, 3.05) is 6.54 Å². The van der Waals surface area contributed by atoms with Crippen molar-refractivity contribution in [3.8, 4) is 0 Å². The zero-order valence-corrected chi connectivity index (χ0v) is 12.8. The molecule has 0 spiro atoms. The monoisotopic (exact) mass is 323 g/mol. The molecule has 2 aromatic heterocycles. The Morgan fingerprint density at radius 1 is 1.42 bits per heavy atom. The van der Waals surface area contributed by atoms with E-state index in [9.17, 15) is 0 Å². The summed E-state index contributed by atoms with van der Waals surface area (Å²) in [6.07, 6.45) is 3.73. The zero-order valence-electron chi connectivity index (χ0n) is 11.2. The predicted octanol–water partition coefficient (Wildman–Crippen LogP) is 2.26. The number of halogens is 1. The summed E-state index contributed by atoms with van der Waals surface area (Å²) in [5, 5.41) is 11.6. The molecule has 0 radical (unpaired) electrons. The fraction of sp³-hybridized carbons (Fsp3) is 0.462. The van der Waals surface area contributed by atoms with Gasteiger partial charge in [-0.3, -0.25) is 4.98 Å². The Bertz CT molecular complexity index is 492. The van der Waals surface area contributed by atoms with Crippen molar-refractivity contribution in [3.05, 3.63) is 40.4 Å². The lowest BCUT2D eigenvalue weighted by Gasteiger charge is -2.18. The maximum atomic E-state index is 4.39. The molecule has 1 unspecified atom stereocenters. The number of rotatable bonds is 6. The van der Waals surface area contributed by atoms with Crippen LogP contribution in [0.1, 0.15) is 30.8 Å². The Morgan fingerprint density at radius 2 is 2.26 bits per heavy atom. The lowest BCUT2D eigenvalue weighted by molar-refractivity contribution is 0.487. The molecule has 0 aliphatic heterocycles. The van der Waals surface area contributed by atoms with Gasteiger partial charge < -0.3 is 5.32 Å². The summed E-state index contributed by atoms with van der Waals surface area (Å²) in [5.41, 5.74) is 2.11. The zero-order chi connectivity index (χ0) is 13.7. The number of hydrogen-bond acceptors (Lipinski definition) is 4. The minimum absolute atomic E-state index is 0.157. The molecule has 0 saturated heterocycles. The molecule has 2 heterocycles. The summed E-state index contributed by atoms with van der Waals surface area (Å²) in [4.78, 5) is 4.39. The first-order valence-corrected chi connectivity index (χ1v) is 7.20. The van der Waals surface area contributed by atoms with Crippen molar-refractivity contribution in [1.29, 1.82) is 0 Å². The highest BCUT2D eigenvalue weighted by molar-refractivity contribution is 9.10. The third kappa shape index (κ3) is 3.61. The molecule has 1 atom stereocenters. The van der Waals surface area contributed by atoms with E-state index < -0.39 is 0 Å². The Kier molecular flexibility index (Phi) is 5.04. The second kappa shape index (κ2) is 6.77. The van der Waals surface area contributed by atoms with Gasteiger partial charge in [0.25, 0.3) is 0 Å². The van der Waals surface area contributed by atoms with Crippen molar-refractivity contribution in [2.24, 2.45) is 7.05 Å². The maximum Gasteiger partial charge on any atom is 0.153 e. The minimum atomic E-state index is 0.157. The molecule has 1 N–H and O–H groups in total. The van der Waals surface area contributed by atoms with Crippen molar-refractivity contribution in [3.63, 3.8) is 0 Å². The summed E-state index contributed by atoms with van der Waals surface area (Å²) < 4.78 is 2.60. The largest absolute Gasteiger partial charge is 0.308 e. The SMILES string of the molecule is CCCNC(Cc1ccccn1)c1c(Br)nnn1C. The Labute approximate surface area is 121 Å². The van der Waals surface area contributed by atoms with Gasteiger partial charge in [0.2, 0.25) is 0 Å². The average molecular weight is 324 g/mol. The van der Waals surface area contributed by atoms with Gasteiger partial charge in [-0.2, -0.15) is 0 Å². The number of nitrogens with one attached hydrogen (secondary N) is 1. The van der Waals surface area contributed by atoms with Gasteiger partial charge in [-0.15, -0.1) is 5.10 Å². The van der Waals surface area contributed by atoms with E-state index in [1.165, 1.54) is 0 Å². The van der Waals surface area contributed by atoms with Crippen LogP contribution in [-0.2, 0) is 13.5 Å². The molecule has 0 bridgehead atoms. The van der Waals surface area contributed by atoms with E-state index in [1.54, 1.807) is 4.68 Å². The number of nitrogens with zero attached hydrogens (tertiary/aromatic N) is 4. The second-order valence-electron chi connectivity index (χ2n) is 4.42. The Balaban J connectivity index is 2.21. The van der Waals surface area contributed by atoms with Crippen molar-refractivity contribution >= 4 is 15.9 Å². The normalized spacial score (nSPS) is 12.6. The summed E-state index contributed by atoms with van der Waals surface area (Å²) in [5.74, 6) is 0. The van der Waals surface area contributed by atoms with Crippen molar-refractivity contribution < 1.29 is 0 Å². The van der Waals surface area contributed by atoms with Gasteiger partial charge in [-0.05, 0) is 41.0 Å². The summed E-state index contributed by atoms with van der Waals surface area (Å²) in [6.45, 7) is 3.11. The lowest BCUT2D eigenvalue weighted by Crippen LogP contribution is -2.26. The molecule has 5 nitrogen and oxygen atoms in total. The molecule has 0 fully saturated rings. The number of aryl methyl sites for hydroxylation is 1. The van der Waals surface area contributed by atoms with Gasteiger partial charge >= 0.3 is 0 Å². The smallest absolute Gasteiger partial charge is 0.153 e. The van der Waals surface area contributed by atoms with Crippen LogP contribution in [0.5, 0.6) is 0 Å². The van der Waals surface area contributed by atoms with Crippen molar-refractivity contribution in [1.82, 2.24) is 25.3 Å².